The van der Waals surface area contributed by atoms with Crippen molar-refractivity contribution in [3.63, 3.8) is 0 Å². The van der Waals surface area contributed by atoms with Crippen molar-refractivity contribution >= 4 is 17.7 Å². The number of nitrogens with one attached hydrogen (secondary N) is 1. The van der Waals surface area contributed by atoms with Crippen molar-refractivity contribution in [1.82, 2.24) is 15.5 Å². The highest BCUT2D eigenvalue weighted by Gasteiger charge is 2.34. The lowest BCUT2D eigenvalue weighted by Crippen LogP contribution is -2.29. The van der Waals surface area contributed by atoms with Crippen LogP contribution < -0.4 is 5.32 Å². The summed E-state index contributed by atoms with van der Waals surface area (Å²) in [5, 5.41) is 17.1. The second kappa shape index (κ2) is 9.52. The minimum Gasteiger partial charge on any atom is -0.387 e. The zero-order valence-electron chi connectivity index (χ0n) is 16.7. The molecule has 31 heavy (non-hydrogen) atoms. The van der Waals surface area contributed by atoms with Gasteiger partial charge in [-0.2, -0.15) is 13.2 Å². The van der Waals surface area contributed by atoms with Crippen LogP contribution in [-0.2, 0) is 11.9 Å². The van der Waals surface area contributed by atoms with E-state index in [4.69, 9.17) is 4.52 Å². The molecule has 0 aliphatic rings. The Morgan fingerprint density at radius 3 is 2.65 bits per heavy atom. The zero-order chi connectivity index (χ0) is 22.6. The standard InChI is InChI=1S/C21H20F3N3O3S/c1-12-16(13(2)30-27-12)11-31-20-15(7-5-9-25-20)19(29)26-10-18(28)14-6-3-4-8-17(14)21(22,23)24/h3-9,18,28H,10-11H2,1-2H3,(H,26,29). The van der Waals surface area contributed by atoms with Crippen molar-refractivity contribution in [2.75, 3.05) is 6.54 Å². The highest BCUT2D eigenvalue weighted by Crippen LogP contribution is 2.34. The number of carbonyl (C=O) groups excluding carboxylic acids is 1. The normalized spacial score (nSPS) is 12.6. The number of aliphatic hydroxyl groups excluding tert-OH is 1. The third-order valence-electron chi connectivity index (χ3n) is 4.63. The number of aliphatic hydroxyl groups is 1. The Labute approximate surface area is 180 Å². The van der Waals surface area contributed by atoms with Crippen LogP contribution in [0.5, 0.6) is 0 Å². The van der Waals surface area contributed by atoms with Crippen molar-refractivity contribution in [3.8, 4) is 0 Å². The van der Waals surface area contributed by atoms with E-state index in [1.165, 1.54) is 30.0 Å². The molecule has 1 atom stereocenters. The first-order valence-corrected chi connectivity index (χ1v) is 10.3. The summed E-state index contributed by atoms with van der Waals surface area (Å²) < 4.78 is 44.6. The summed E-state index contributed by atoms with van der Waals surface area (Å²) in [6, 6.07) is 7.88. The lowest BCUT2D eigenvalue weighted by Gasteiger charge is -2.18. The Hall–Kier alpha value is -2.85. The van der Waals surface area contributed by atoms with Crippen LogP contribution in [0.3, 0.4) is 0 Å². The number of rotatable bonds is 7. The van der Waals surface area contributed by atoms with Crippen LogP contribution in [0, 0.1) is 13.8 Å². The van der Waals surface area contributed by atoms with Crippen molar-refractivity contribution in [2.45, 2.75) is 36.9 Å². The molecule has 0 radical (unpaired) electrons. The zero-order valence-corrected chi connectivity index (χ0v) is 17.5. The Balaban J connectivity index is 1.69. The summed E-state index contributed by atoms with van der Waals surface area (Å²) in [6.45, 7) is 3.23. The molecule has 1 unspecified atom stereocenters. The van der Waals surface area contributed by atoms with Gasteiger partial charge in [-0.05, 0) is 37.6 Å². The van der Waals surface area contributed by atoms with E-state index >= 15 is 0 Å². The Kier molecular flexibility index (Phi) is 7.01. The van der Waals surface area contributed by atoms with Gasteiger partial charge in [-0.1, -0.05) is 23.4 Å². The number of halogens is 3. The first kappa shape index (κ1) is 22.8. The van der Waals surface area contributed by atoms with Gasteiger partial charge in [-0.3, -0.25) is 4.79 Å². The maximum absolute atomic E-state index is 13.2. The summed E-state index contributed by atoms with van der Waals surface area (Å²) in [5.41, 5.74) is 0.679. The predicted octanol–water partition coefficient (Wildman–Crippen LogP) is 4.46. The van der Waals surface area contributed by atoms with Crippen LogP contribution in [0.25, 0.3) is 0 Å². The van der Waals surface area contributed by atoms with Gasteiger partial charge in [0.05, 0.1) is 22.9 Å². The van der Waals surface area contributed by atoms with Gasteiger partial charge < -0.3 is 14.9 Å². The molecule has 0 bridgehead atoms. The Morgan fingerprint density at radius 2 is 1.97 bits per heavy atom. The topological polar surface area (TPSA) is 88.2 Å². The minimum atomic E-state index is -4.60. The molecule has 0 aliphatic heterocycles. The highest BCUT2D eigenvalue weighted by molar-refractivity contribution is 7.98. The molecule has 0 spiro atoms. The number of nitrogens with zero attached hydrogens (tertiary/aromatic N) is 2. The van der Waals surface area contributed by atoms with Crippen molar-refractivity contribution in [3.05, 3.63) is 76.3 Å². The average molecular weight is 451 g/mol. The van der Waals surface area contributed by atoms with E-state index in [1.807, 2.05) is 6.92 Å². The largest absolute Gasteiger partial charge is 0.416 e. The number of hydrogen-bond acceptors (Lipinski definition) is 6. The van der Waals surface area contributed by atoms with Gasteiger partial charge in [0.25, 0.3) is 5.91 Å². The summed E-state index contributed by atoms with van der Waals surface area (Å²) >= 11 is 1.31. The van der Waals surface area contributed by atoms with Gasteiger partial charge in [0.15, 0.2) is 0 Å². The maximum atomic E-state index is 13.2. The fraction of sp³-hybridized carbons (Fsp3) is 0.286. The second-order valence-corrected chi connectivity index (χ2v) is 7.72. The number of thioether (sulfide) groups is 1. The van der Waals surface area contributed by atoms with Crippen LogP contribution in [0.4, 0.5) is 13.2 Å². The van der Waals surface area contributed by atoms with E-state index in [0.29, 0.717) is 16.5 Å². The van der Waals surface area contributed by atoms with E-state index < -0.39 is 23.8 Å². The summed E-state index contributed by atoms with van der Waals surface area (Å²) in [4.78, 5) is 16.9. The molecule has 0 saturated heterocycles. The molecule has 3 rings (SSSR count). The lowest BCUT2D eigenvalue weighted by molar-refractivity contribution is -0.139. The van der Waals surface area contributed by atoms with Gasteiger partial charge in [0.2, 0.25) is 0 Å². The summed E-state index contributed by atoms with van der Waals surface area (Å²) in [7, 11) is 0. The monoisotopic (exact) mass is 451 g/mol. The first-order chi connectivity index (χ1) is 14.7. The quantitative estimate of drug-likeness (QED) is 0.516. The molecule has 0 saturated carbocycles. The van der Waals surface area contributed by atoms with E-state index in [0.717, 1.165) is 17.3 Å². The Morgan fingerprint density at radius 1 is 1.23 bits per heavy atom. The van der Waals surface area contributed by atoms with Crippen LogP contribution >= 0.6 is 11.8 Å². The van der Waals surface area contributed by atoms with Crippen LogP contribution in [0.1, 0.15) is 44.6 Å². The number of hydrogen-bond donors (Lipinski definition) is 2. The fourth-order valence-electron chi connectivity index (χ4n) is 2.97. The first-order valence-electron chi connectivity index (χ1n) is 9.30. The molecule has 2 aromatic heterocycles. The molecule has 1 aromatic carbocycles. The van der Waals surface area contributed by atoms with E-state index in [-0.39, 0.29) is 17.7 Å². The number of pyridine rings is 1. The van der Waals surface area contributed by atoms with Gasteiger partial charge in [-0.25, -0.2) is 4.98 Å². The van der Waals surface area contributed by atoms with Crippen LogP contribution in [0.15, 0.2) is 52.1 Å². The van der Waals surface area contributed by atoms with Gasteiger partial charge in [0, 0.05) is 24.1 Å². The SMILES string of the molecule is Cc1noc(C)c1CSc1ncccc1C(=O)NCC(O)c1ccccc1C(F)(F)F. The summed E-state index contributed by atoms with van der Waals surface area (Å²) in [6.07, 6.45) is -4.58. The smallest absolute Gasteiger partial charge is 0.387 e. The fourth-order valence-corrected chi connectivity index (χ4v) is 4.11. The summed E-state index contributed by atoms with van der Waals surface area (Å²) in [5.74, 6) is 0.622. The third-order valence-corrected chi connectivity index (χ3v) is 5.66. The number of aromatic nitrogens is 2. The molecule has 2 N–H and O–H groups in total. The predicted molar refractivity (Wildman–Crippen MR) is 109 cm³/mol. The second-order valence-electron chi connectivity index (χ2n) is 6.76. The van der Waals surface area contributed by atoms with Crippen molar-refractivity contribution in [1.29, 1.82) is 0 Å². The van der Waals surface area contributed by atoms with Crippen molar-refractivity contribution in [2.24, 2.45) is 0 Å². The van der Waals surface area contributed by atoms with Gasteiger partial charge >= 0.3 is 6.18 Å². The molecule has 6 nitrogen and oxygen atoms in total. The number of aryl methyl sites for hydroxylation is 2. The molecule has 0 fully saturated rings. The molecule has 0 aliphatic carbocycles. The number of alkyl halides is 3. The van der Waals surface area contributed by atoms with Crippen LogP contribution in [0.2, 0.25) is 0 Å². The van der Waals surface area contributed by atoms with E-state index in [1.54, 1.807) is 25.3 Å². The molecule has 10 heteroatoms. The Bertz CT molecular complexity index is 1050. The molecule has 3 aromatic rings. The number of benzene rings is 1. The number of carbonyl (C=O) groups is 1. The van der Waals surface area contributed by atoms with Crippen LogP contribution in [-0.4, -0.2) is 27.7 Å². The lowest BCUT2D eigenvalue weighted by atomic mass is 10.0. The van der Waals surface area contributed by atoms with E-state index in [2.05, 4.69) is 15.5 Å². The highest BCUT2D eigenvalue weighted by atomic mass is 32.2. The number of amides is 1. The molecule has 2 heterocycles. The molecule has 1 amide bonds. The van der Waals surface area contributed by atoms with Crippen molar-refractivity contribution < 1.29 is 27.6 Å². The van der Waals surface area contributed by atoms with Gasteiger partial charge in [-0.15, -0.1) is 11.8 Å². The average Bonchev–Trinajstić information content (AvgIpc) is 3.07. The molecule has 164 valence electrons. The third kappa shape index (κ3) is 5.45. The minimum absolute atomic E-state index is 0.260. The molecular weight excluding hydrogens is 431 g/mol. The van der Waals surface area contributed by atoms with Gasteiger partial charge in [0.1, 0.15) is 10.8 Å². The maximum Gasteiger partial charge on any atom is 0.416 e. The molecular formula is C21H20F3N3O3S. The van der Waals surface area contributed by atoms with E-state index in [9.17, 15) is 23.1 Å².